The van der Waals surface area contributed by atoms with Gasteiger partial charge in [0, 0.05) is 96.1 Å². The van der Waals surface area contributed by atoms with Crippen LogP contribution in [0.25, 0.3) is 22.0 Å². The van der Waals surface area contributed by atoms with Crippen molar-refractivity contribution < 1.29 is 27.4 Å². The molecule has 0 atom stereocenters. The molecule has 6 aromatic rings. The summed E-state index contributed by atoms with van der Waals surface area (Å²) in [5, 5.41) is 13.5. The van der Waals surface area contributed by atoms with Crippen LogP contribution in [-0.2, 0) is 17.1 Å². The van der Waals surface area contributed by atoms with Crippen LogP contribution in [0.3, 0.4) is 0 Å². The molecule has 4 heterocycles. The number of aryl methyl sites for hydroxylation is 1. The number of hydrogen-bond acceptors (Lipinski definition) is 11. The molecule has 15 nitrogen and oxygen atoms in total. The van der Waals surface area contributed by atoms with Crippen LogP contribution in [0.15, 0.2) is 96.3 Å². The normalized spacial score (nSPS) is 17.9. The number of amides is 1. The number of rotatable bonds is 16. The van der Waals surface area contributed by atoms with Gasteiger partial charge in [-0.05, 0) is 87.1 Å². The number of nitrogens with one attached hydrogen (secondary N) is 3. The summed E-state index contributed by atoms with van der Waals surface area (Å²) in [7, 11) is -1.87. The van der Waals surface area contributed by atoms with Gasteiger partial charge in [-0.1, -0.05) is 45.4 Å². The molecule has 1 aliphatic heterocycles. The van der Waals surface area contributed by atoms with Crippen molar-refractivity contribution in [3.63, 3.8) is 0 Å². The van der Waals surface area contributed by atoms with Gasteiger partial charge in [0.15, 0.2) is 0 Å². The number of anilines is 2. The van der Waals surface area contributed by atoms with Crippen molar-refractivity contribution in [3.05, 3.63) is 118 Å². The van der Waals surface area contributed by atoms with Crippen LogP contribution in [0.5, 0.6) is 23.0 Å². The molecule has 1 amide bonds. The number of benzene rings is 3. The van der Waals surface area contributed by atoms with Gasteiger partial charge < -0.3 is 34.0 Å². The summed E-state index contributed by atoms with van der Waals surface area (Å²) < 4.78 is 48.0. The third-order valence-electron chi connectivity index (χ3n) is 13.1. The summed E-state index contributed by atoms with van der Waals surface area (Å²) in [6, 6.07) is 21.2. The molecule has 0 bridgehead atoms. The van der Waals surface area contributed by atoms with Gasteiger partial charge in [0.25, 0.3) is 11.5 Å². The van der Waals surface area contributed by atoms with Crippen LogP contribution >= 0.6 is 11.6 Å². The number of halogens is 1. The molecular formula is C50H55ClN8O7S. The summed E-state index contributed by atoms with van der Waals surface area (Å²) in [5.74, 6) is 3.07. The molecule has 1 saturated heterocycles. The van der Waals surface area contributed by atoms with Crippen molar-refractivity contribution in [2.24, 2.45) is 23.8 Å². The van der Waals surface area contributed by atoms with Gasteiger partial charge in [-0.25, -0.2) is 18.4 Å². The highest BCUT2D eigenvalue weighted by Gasteiger charge is 2.64. The fraction of sp³-hybridized carbons (Fsp3) is 0.380. The number of fused-ring (bicyclic) bond motifs is 1. The van der Waals surface area contributed by atoms with E-state index in [1.165, 1.54) is 4.57 Å². The van der Waals surface area contributed by atoms with Crippen LogP contribution in [0.2, 0.25) is 5.02 Å². The van der Waals surface area contributed by atoms with Crippen molar-refractivity contribution >= 4 is 50.1 Å². The van der Waals surface area contributed by atoms with E-state index in [4.69, 9.17) is 25.8 Å². The molecule has 350 valence electrons. The Morgan fingerprint density at radius 1 is 0.970 bits per heavy atom. The van der Waals surface area contributed by atoms with E-state index in [0.29, 0.717) is 85.3 Å². The lowest BCUT2D eigenvalue weighted by Gasteiger charge is -2.63. The van der Waals surface area contributed by atoms with E-state index in [-0.39, 0.29) is 29.4 Å². The van der Waals surface area contributed by atoms with E-state index in [1.54, 1.807) is 75.2 Å². The zero-order valence-electron chi connectivity index (χ0n) is 38.4. The number of H-pyrrole nitrogens is 1. The minimum Gasteiger partial charge on any atom is -0.493 e. The molecule has 2 fully saturated rings. The minimum absolute atomic E-state index is 0.0801. The molecule has 0 spiro atoms. The van der Waals surface area contributed by atoms with Crippen molar-refractivity contribution in [3.8, 4) is 40.2 Å². The molecule has 67 heavy (non-hydrogen) atoms. The zero-order chi connectivity index (χ0) is 47.7. The van der Waals surface area contributed by atoms with Crippen LogP contribution in [0.4, 0.5) is 11.6 Å². The van der Waals surface area contributed by atoms with Crippen LogP contribution in [0, 0.1) is 28.1 Å². The van der Waals surface area contributed by atoms with E-state index in [2.05, 4.69) is 63.7 Å². The first-order valence-corrected chi connectivity index (χ1v) is 24.5. The molecule has 1 saturated carbocycles. The fourth-order valence-corrected chi connectivity index (χ4v) is 10.6. The first-order chi connectivity index (χ1) is 32.0. The Morgan fingerprint density at radius 2 is 1.70 bits per heavy atom. The quantitative estimate of drug-likeness (QED) is 0.0784. The molecule has 1 aliphatic carbocycles. The fourth-order valence-electron chi connectivity index (χ4n) is 9.78. The summed E-state index contributed by atoms with van der Waals surface area (Å²) in [4.78, 5) is 40.7. The summed E-state index contributed by atoms with van der Waals surface area (Å²) in [6.45, 7) is 12.0. The van der Waals surface area contributed by atoms with Gasteiger partial charge in [0.2, 0.25) is 16.0 Å². The average Bonchev–Trinajstić information content (AvgIpc) is 3.81. The number of carbonyl (C=O) groups is 1. The Labute approximate surface area is 395 Å². The number of hydrogen-bond donors (Lipinski definition) is 3. The maximum Gasteiger partial charge on any atom is 0.274 e. The Hall–Kier alpha value is -6.57. The highest BCUT2D eigenvalue weighted by atomic mass is 35.5. The van der Waals surface area contributed by atoms with Gasteiger partial charge in [0.05, 0.1) is 28.5 Å². The van der Waals surface area contributed by atoms with E-state index in [9.17, 15) is 23.3 Å². The topological polar surface area (TPSA) is 194 Å². The summed E-state index contributed by atoms with van der Waals surface area (Å²) >= 11 is 6.25. The van der Waals surface area contributed by atoms with E-state index in [0.717, 1.165) is 38.8 Å². The Bertz CT molecular complexity index is 2990. The maximum absolute atomic E-state index is 13.5. The number of piperidine rings is 1. The van der Waals surface area contributed by atoms with Gasteiger partial charge in [-0.3, -0.25) is 14.3 Å². The van der Waals surface area contributed by atoms with E-state index >= 15 is 0 Å². The molecule has 2 aliphatic rings. The molecular weight excluding hydrogens is 892 g/mol. The largest absolute Gasteiger partial charge is 0.493 e. The number of sulfonamides is 1. The molecule has 0 unspecified atom stereocenters. The van der Waals surface area contributed by atoms with Crippen molar-refractivity contribution in [1.82, 2.24) is 24.8 Å². The lowest BCUT2D eigenvalue weighted by molar-refractivity contribution is -0.164. The molecule has 0 radical (unpaired) electrons. The molecule has 8 rings (SSSR count). The molecule has 3 aromatic heterocycles. The Balaban J connectivity index is 0.816. The second-order valence-electron chi connectivity index (χ2n) is 18.5. The summed E-state index contributed by atoms with van der Waals surface area (Å²) in [6.07, 6.45) is 10.3. The Morgan fingerprint density at radius 3 is 2.40 bits per heavy atom. The molecule has 3 N–H and O–H groups in total. The van der Waals surface area contributed by atoms with Crippen LogP contribution in [0.1, 0.15) is 76.2 Å². The number of pyridine rings is 1. The van der Waals surface area contributed by atoms with Crippen molar-refractivity contribution in [1.29, 1.82) is 5.26 Å². The predicted molar refractivity (Wildman–Crippen MR) is 260 cm³/mol. The molecule has 17 heteroatoms. The third-order valence-corrected chi connectivity index (χ3v) is 14.7. The number of aromatic amines is 1. The minimum atomic E-state index is -3.54. The number of carbonyl (C=O) groups excluding carboxylic acids is 1. The first-order valence-electron chi connectivity index (χ1n) is 22.4. The van der Waals surface area contributed by atoms with Crippen LogP contribution in [-0.4, -0.2) is 71.4 Å². The van der Waals surface area contributed by atoms with Gasteiger partial charge in [-0.15, -0.1) is 0 Å². The number of ether oxygens (including phenoxy) is 3. The number of aromatic nitrogens is 4. The van der Waals surface area contributed by atoms with E-state index in [1.807, 2.05) is 30.3 Å². The smallest absolute Gasteiger partial charge is 0.274 e. The lowest BCUT2D eigenvalue weighted by atomic mass is 9.49. The van der Waals surface area contributed by atoms with E-state index < -0.39 is 20.9 Å². The number of nitrogens with zero attached hydrogens (tertiary/aromatic N) is 5. The highest BCUT2D eigenvalue weighted by molar-refractivity contribution is 7.92. The number of nitriles is 1. The second kappa shape index (κ2) is 19.0. The zero-order valence-corrected chi connectivity index (χ0v) is 40.0. The monoisotopic (exact) mass is 946 g/mol. The average molecular weight is 948 g/mol. The van der Waals surface area contributed by atoms with Crippen LogP contribution < -0.4 is 34.7 Å². The SMILES string of the molecule is CCS(=O)(=O)Nc1ccc(Oc2cccc(OCCCC3CCN(c4ncc(C(=O)NC5C(C)(C)C(Oc6ccc(C#N)c(Cl)c6)C5(C)C)cn4)CC3)c2)c(-c2cn(C)c(=O)c3[nH]ccc23)c1. The standard InChI is InChI=1S/C50H55ClN8O7S/c1-7-67(62,63)57-34-14-16-42(39(24-34)40-30-58(6)45(61)43-38(40)17-20-53-43)65-36-12-8-11-35(25-36)64-23-9-10-31-18-21-59(22-19-31)48-54-28-33(29-55-48)44(60)56-46-49(2,3)47(50(46,4)5)66-37-15-13-32(27-52)41(51)26-37/h8,11-17,20,24-26,28-31,46-47,53,57H,7,9-10,18-19,21-23H2,1-6H3,(H,56,60). The van der Waals surface area contributed by atoms with Gasteiger partial charge in [0.1, 0.15) is 40.7 Å². The van der Waals surface area contributed by atoms with Crippen molar-refractivity contribution in [2.45, 2.75) is 72.4 Å². The Kier molecular flexibility index (Phi) is 13.3. The van der Waals surface area contributed by atoms with Gasteiger partial charge in [-0.2, -0.15) is 5.26 Å². The van der Waals surface area contributed by atoms with Gasteiger partial charge >= 0.3 is 0 Å². The highest BCUT2D eigenvalue weighted by Crippen LogP contribution is 2.55. The van der Waals surface area contributed by atoms with Crippen molar-refractivity contribution in [2.75, 3.05) is 35.1 Å². The summed E-state index contributed by atoms with van der Waals surface area (Å²) in [5.41, 5.74) is 1.92. The third kappa shape index (κ3) is 9.94. The molecule has 3 aromatic carbocycles. The predicted octanol–water partition coefficient (Wildman–Crippen LogP) is 9.09. The first kappa shape index (κ1) is 46.9. The lowest BCUT2D eigenvalue weighted by Crippen LogP contribution is -2.74. The maximum atomic E-state index is 13.5. The second-order valence-corrected chi connectivity index (χ2v) is 20.9.